The molecule has 1 atom stereocenters. The van der Waals surface area contributed by atoms with Gasteiger partial charge < -0.3 is 20.3 Å². The Balaban J connectivity index is 1.61. The van der Waals surface area contributed by atoms with Crippen molar-refractivity contribution in [3.8, 4) is 0 Å². The average molecular weight is 320 g/mol. The zero-order valence-corrected chi connectivity index (χ0v) is 13.3. The predicted molar refractivity (Wildman–Crippen MR) is 83.9 cm³/mol. The predicted octanol–water partition coefficient (Wildman–Crippen LogP) is 0.226. The number of hydrogen-bond acceptors (Lipinski definition) is 4. The van der Waals surface area contributed by atoms with E-state index >= 15 is 0 Å². The number of carbonyl (C=O) groups is 2. The zero-order valence-electron chi connectivity index (χ0n) is 13.3. The molecule has 2 amide bonds. The van der Waals surface area contributed by atoms with Crippen LogP contribution in [0.4, 0.5) is 0 Å². The number of carbonyl (C=O) groups excluding carboxylic acids is 2. The second-order valence-electron chi connectivity index (χ2n) is 6.40. The normalized spacial score (nSPS) is 21.0. The van der Waals surface area contributed by atoms with Crippen molar-refractivity contribution in [1.82, 2.24) is 20.2 Å². The van der Waals surface area contributed by atoms with E-state index in [0.717, 1.165) is 25.0 Å². The topological polar surface area (TPSA) is 96.2 Å². The van der Waals surface area contributed by atoms with Crippen LogP contribution in [0.2, 0.25) is 0 Å². The minimum atomic E-state index is -0.262. The first-order chi connectivity index (χ1) is 11.2. The molecule has 1 aromatic rings. The van der Waals surface area contributed by atoms with Crippen molar-refractivity contribution in [2.45, 2.75) is 51.1 Å². The largest absolute Gasteiger partial charge is 0.395 e. The molecule has 0 spiro atoms. The summed E-state index contributed by atoms with van der Waals surface area (Å²) in [5.41, 5.74) is 1.29. The molecule has 23 heavy (non-hydrogen) atoms. The van der Waals surface area contributed by atoms with E-state index in [4.69, 9.17) is 5.11 Å². The summed E-state index contributed by atoms with van der Waals surface area (Å²) in [6.45, 7) is 0.705. The van der Waals surface area contributed by atoms with Crippen LogP contribution in [0.3, 0.4) is 0 Å². The van der Waals surface area contributed by atoms with Crippen LogP contribution in [0.15, 0.2) is 6.33 Å². The molecule has 1 aliphatic carbocycles. The molecule has 2 aliphatic rings. The summed E-state index contributed by atoms with van der Waals surface area (Å²) in [6, 6.07) is 0.339. The van der Waals surface area contributed by atoms with Gasteiger partial charge in [0.25, 0.3) is 5.91 Å². The van der Waals surface area contributed by atoms with E-state index in [1.807, 2.05) is 4.57 Å². The minimum Gasteiger partial charge on any atom is -0.395 e. The van der Waals surface area contributed by atoms with Gasteiger partial charge in [0.05, 0.1) is 24.5 Å². The molecular weight excluding hydrogens is 296 g/mol. The van der Waals surface area contributed by atoms with Crippen LogP contribution in [0.25, 0.3) is 0 Å². The monoisotopic (exact) mass is 320 g/mol. The number of aliphatic hydroxyl groups excluding tert-OH is 1. The standard InChI is InChI=1S/C16H24N4O3/c21-8-7-17-16(23)14-13-6-5-11(9-20(13)10-18-14)15(22)19-12-3-1-2-4-12/h10-12,21H,1-9H2,(H,17,23)(H,19,22). The summed E-state index contributed by atoms with van der Waals surface area (Å²) < 4.78 is 1.91. The quantitative estimate of drug-likeness (QED) is 0.723. The lowest BCUT2D eigenvalue weighted by molar-refractivity contribution is -0.126. The number of amides is 2. The second kappa shape index (κ2) is 7.12. The number of aromatic nitrogens is 2. The number of nitrogens with one attached hydrogen (secondary N) is 2. The lowest BCUT2D eigenvalue weighted by Crippen LogP contribution is -2.40. The Bertz CT molecular complexity index is 578. The third-order valence-corrected chi connectivity index (χ3v) is 4.78. The molecule has 3 N–H and O–H groups in total. The molecule has 1 aromatic heterocycles. The summed E-state index contributed by atoms with van der Waals surface area (Å²) >= 11 is 0. The highest BCUT2D eigenvalue weighted by Gasteiger charge is 2.30. The number of imidazole rings is 1. The molecule has 0 bridgehead atoms. The molecule has 2 heterocycles. The van der Waals surface area contributed by atoms with Crippen LogP contribution in [0, 0.1) is 5.92 Å². The van der Waals surface area contributed by atoms with E-state index in [9.17, 15) is 9.59 Å². The maximum absolute atomic E-state index is 12.4. The Hall–Kier alpha value is -1.89. The zero-order chi connectivity index (χ0) is 16.2. The highest BCUT2D eigenvalue weighted by atomic mass is 16.3. The summed E-state index contributed by atoms with van der Waals surface area (Å²) in [5, 5.41) is 14.6. The van der Waals surface area contributed by atoms with E-state index in [2.05, 4.69) is 15.6 Å². The third-order valence-electron chi connectivity index (χ3n) is 4.78. The first-order valence-electron chi connectivity index (χ1n) is 8.42. The van der Waals surface area contributed by atoms with E-state index < -0.39 is 0 Å². The molecule has 1 fully saturated rings. The molecule has 1 saturated carbocycles. The first kappa shape index (κ1) is 16.0. The number of rotatable bonds is 5. The fourth-order valence-electron chi connectivity index (χ4n) is 3.51. The van der Waals surface area contributed by atoms with Gasteiger partial charge in [0, 0.05) is 19.1 Å². The van der Waals surface area contributed by atoms with Gasteiger partial charge in [0.2, 0.25) is 5.91 Å². The molecule has 126 valence electrons. The van der Waals surface area contributed by atoms with E-state index in [0.29, 0.717) is 24.7 Å². The van der Waals surface area contributed by atoms with Crippen molar-refractivity contribution in [2.24, 2.45) is 5.92 Å². The lowest BCUT2D eigenvalue weighted by Gasteiger charge is -2.25. The Morgan fingerprint density at radius 1 is 1.30 bits per heavy atom. The van der Waals surface area contributed by atoms with E-state index in [1.165, 1.54) is 12.8 Å². The second-order valence-corrected chi connectivity index (χ2v) is 6.40. The van der Waals surface area contributed by atoms with Crippen LogP contribution in [0.1, 0.15) is 48.3 Å². The summed E-state index contributed by atoms with van der Waals surface area (Å²) in [5.74, 6) is -0.185. The van der Waals surface area contributed by atoms with Gasteiger partial charge in [-0.15, -0.1) is 0 Å². The number of hydrogen-bond donors (Lipinski definition) is 3. The summed E-state index contributed by atoms with van der Waals surface area (Å²) in [4.78, 5) is 28.6. The lowest BCUT2D eigenvalue weighted by atomic mass is 9.95. The summed E-state index contributed by atoms with van der Waals surface area (Å²) in [6.07, 6.45) is 7.63. The minimum absolute atomic E-state index is 0.0503. The van der Waals surface area contributed by atoms with Crippen molar-refractivity contribution in [3.05, 3.63) is 17.7 Å². The van der Waals surface area contributed by atoms with Crippen molar-refractivity contribution in [2.75, 3.05) is 13.2 Å². The van der Waals surface area contributed by atoms with Crippen LogP contribution in [-0.4, -0.2) is 45.7 Å². The summed E-state index contributed by atoms with van der Waals surface area (Å²) in [7, 11) is 0. The van der Waals surface area contributed by atoms with Crippen molar-refractivity contribution in [3.63, 3.8) is 0 Å². The molecule has 0 saturated heterocycles. The van der Waals surface area contributed by atoms with E-state index in [1.54, 1.807) is 6.33 Å². The molecule has 0 radical (unpaired) electrons. The molecule has 0 aromatic carbocycles. The van der Waals surface area contributed by atoms with E-state index in [-0.39, 0.29) is 30.9 Å². The average Bonchev–Trinajstić information content (AvgIpc) is 3.21. The van der Waals surface area contributed by atoms with Crippen molar-refractivity contribution < 1.29 is 14.7 Å². The first-order valence-corrected chi connectivity index (χ1v) is 8.42. The number of aliphatic hydroxyl groups is 1. The number of nitrogens with zero attached hydrogens (tertiary/aromatic N) is 2. The van der Waals surface area contributed by atoms with Gasteiger partial charge in [-0.3, -0.25) is 9.59 Å². The van der Waals surface area contributed by atoms with Gasteiger partial charge in [-0.05, 0) is 25.7 Å². The molecular formula is C16H24N4O3. The van der Waals surface area contributed by atoms with Gasteiger partial charge in [-0.1, -0.05) is 12.8 Å². The Kier molecular flexibility index (Phi) is 4.95. The van der Waals surface area contributed by atoms with Crippen molar-refractivity contribution in [1.29, 1.82) is 0 Å². The smallest absolute Gasteiger partial charge is 0.271 e. The third kappa shape index (κ3) is 3.55. The Morgan fingerprint density at radius 3 is 2.83 bits per heavy atom. The van der Waals surface area contributed by atoms with Gasteiger partial charge >= 0.3 is 0 Å². The molecule has 7 nitrogen and oxygen atoms in total. The fourth-order valence-corrected chi connectivity index (χ4v) is 3.51. The van der Waals surface area contributed by atoms with Crippen LogP contribution in [-0.2, 0) is 17.8 Å². The maximum Gasteiger partial charge on any atom is 0.271 e. The number of fused-ring (bicyclic) bond motifs is 1. The van der Waals surface area contributed by atoms with Crippen molar-refractivity contribution >= 4 is 11.8 Å². The van der Waals surface area contributed by atoms with Gasteiger partial charge in [-0.2, -0.15) is 0 Å². The van der Waals surface area contributed by atoms with Crippen LogP contribution < -0.4 is 10.6 Å². The maximum atomic E-state index is 12.4. The highest BCUT2D eigenvalue weighted by molar-refractivity contribution is 5.93. The fraction of sp³-hybridized carbons (Fsp3) is 0.688. The van der Waals surface area contributed by atoms with Gasteiger partial charge in [-0.25, -0.2) is 4.98 Å². The molecule has 1 aliphatic heterocycles. The SMILES string of the molecule is O=C(NCCO)c1ncn2c1CCC(C(=O)NC1CCCC1)C2. The van der Waals surface area contributed by atoms with Crippen LogP contribution in [0.5, 0.6) is 0 Å². The Morgan fingerprint density at radius 2 is 2.09 bits per heavy atom. The Labute approximate surface area is 135 Å². The van der Waals surface area contributed by atoms with Crippen LogP contribution >= 0.6 is 0 Å². The van der Waals surface area contributed by atoms with Gasteiger partial charge in [0.1, 0.15) is 5.69 Å². The molecule has 3 rings (SSSR count). The van der Waals surface area contributed by atoms with Gasteiger partial charge in [0.15, 0.2) is 0 Å². The highest BCUT2D eigenvalue weighted by Crippen LogP contribution is 2.24. The molecule has 7 heteroatoms. The molecule has 1 unspecified atom stereocenters.